The molecule has 106 valence electrons. The number of amides is 1. The van der Waals surface area contributed by atoms with Crippen LogP contribution in [0.5, 0.6) is 0 Å². The number of pyridine rings is 1. The van der Waals surface area contributed by atoms with Gasteiger partial charge < -0.3 is 9.30 Å². The first kappa shape index (κ1) is 14.1. The summed E-state index contributed by atoms with van der Waals surface area (Å²) in [5, 5.41) is 2.69. The van der Waals surface area contributed by atoms with Crippen LogP contribution in [-0.2, 0) is 11.8 Å². The fourth-order valence-electron chi connectivity index (χ4n) is 1.83. The highest BCUT2D eigenvalue weighted by Crippen LogP contribution is 2.21. The molecule has 0 aliphatic rings. The lowest BCUT2D eigenvalue weighted by Crippen LogP contribution is -2.27. The van der Waals surface area contributed by atoms with Crippen molar-refractivity contribution in [1.29, 1.82) is 0 Å². The largest absolute Gasteiger partial charge is 0.444 e. The van der Waals surface area contributed by atoms with E-state index in [4.69, 9.17) is 4.74 Å². The molecule has 0 fully saturated rings. The van der Waals surface area contributed by atoms with Crippen LogP contribution in [0, 0.1) is 0 Å². The lowest BCUT2D eigenvalue weighted by molar-refractivity contribution is 0.0636. The van der Waals surface area contributed by atoms with Gasteiger partial charge in [-0.1, -0.05) is 0 Å². The quantitative estimate of drug-likeness (QED) is 0.912. The van der Waals surface area contributed by atoms with E-state index in [2.05, 4.69) is 10.3 Å². The van der Waals surface area contributed by atoms with Crippen molar-refractivity contribution >= 4 is 11.8 Å². The zero-order chi connectivity index (χ0) is 14.8. The monoisotopic (exact) mass is 273 g/mol. The minimum absolute atomic E-state index is 0.483. The van der Waals surface area contributed by atoms with Crippen LogP contribution in [0.3, 0.4) is 0 Å². The van der Waals surface area contributed by atoms with E-state index in [1.807, 2.05) is 56.8 Å². The minimum atomic E-state index is -0.521. The van der Waals surface area contributed by atoms with Gasteiger partial charge in [0.2, 0.25) is 0 Å². The number of hydrogen-bond donors (Lipinski definition) is 1. The highest BCUT2D eigenvalue weighted by molar-refractivity contribution is 5.85. The van der Waals surface area contributed by atoms with E-state index in [1.54, 1.807) is 12.4 Å². The van der Waals surface area contributed by atoms with E-state index < -0.39 is 11.7 Å². The molecule has 0 saturated heterocycles. The molecule has 1 N–H and O–H groups in total. The standard InChI is InChI=1S/C15H19N3O2/c1-15(2,3)20-14(19)17-12-8-11(9-16-10-12)13-6-5-7-18(13)4/h5-10H,1-4H3,(H,17,19). The predicted octanol–water partition coefficient (Wildman–Crippen LogP) is 3.43. The summed E-state index contributed by atoms with van der Waals surface area (Å²) in [4.78, 5) is 15.9. The molecule has 0 aromatic carbocycles. The summed E-state index contributed by atoms with van der Waals surface area (Å²) in [5.41, 5.74) is 2.06. The van der Waals surface area contributed by atoms with E-state index in [-0.39, 0.29) is 0 Å². The molecule has 0 atom stereocenters. The average Bonchev–Trinajstić information content (AvgIpc) is 2.73. The lowest BCUT2D eigenvalue weighted by atomic mass is 10.2. The first-order valence-corrected chi connectivity index (χ1v) is 6.42. The van der Waals surface area contributed by atoms with Gasteiger partial charge in [0.1, 0.15) is 5.60 Å². The Morgan fingerprint density at radius 3 is 2.70 bits per heavy atom. The van der Waals surface area contributed by atoms with E-state index in [0.717, 1.165) is 11.3 Å². The van der Waals surface area contributed by atoms with Crippen molar-refractivity contribution in [3.05, 3.63) is 36.8 Å². The Hall–Kier alpha value is -2.30. The average molecular weight is 273 g/mol. The molecule has 1 amide bonds. The van der Waals surface area contributed by atoms with Gasteiger partial charge in [0.15, 0.2) is 0 Å². The van der Waals surface area contributed by atoms with Crippen LogP contribution in [0.2, 0.25) is 0 Å². The number of carbonyl (C=O) groups is 1. The van der Waals surface area contributed by atoms with Crippen LogP contribution in [0.15, 0.2) is 36.8 Å². The van der Waals surface area contributed by atoms with Crippen molar-refractivity contribution in [2.24, 2.45) is 7.05 Å². The Labute approximate surface area is 118 Å². The number of hydrogen-bond acceptors (Lipinski definition) is 3. The number of aryl methyl sites for hydroxylation is 1. The Morgan fingerprint density at radius 1 is 1.35 bits per heavy atom. The number of ether oxygens (including phenoxy) is 1. The summed E-state index contributed by atoms with van der Waals surface area (Å²) in [6.07, 6.45) is 4.83. The molecule has 0 bridgehead atoms. The van der Waals surface area contributed by atoms with Crippen molar-refractivity contribution in [3.63, 3.8) is 0 Å². The van der Waals surface area contributed by atoms with Gasteiger partial charge in [0, 0.05) is 30.7 Å². The van der Waals surface area contributed by atoms with Crippen molar-refractivity contribution < 1.29 is 9.53 Å². The van der Waals surface area contributed by atoms with Gasteiger partial charge in [0.05, 0.1) is 11.9 Å². The van der Waals surface area contributed by atoms with Gasteiger partial charge in [-0.25, -0.2) is 4.79 Å². The zero-order valence-electron chi connectivity index (χ0n) is 12.2. The number of rotatable bonds is 2. The number of anilines is 1. The van der Waals surface area contributed by atoms with E-state index in [0.29, 0.717) is 5.69 Å². The van der Waals surface area contributed by atoms with Gasteiger partial charge in [-0.15, -0.1) is 0 Å². The Morgan fingerprint density at radius 2 is 2.10 bits per heavy atom. The van der Waals surface area contributed by atoms with E-state index in [1.165, 1.54) is 0 Å². The number of nitrogens with zero attached hydrogens (tertiary/aromatic N) is 2. The summed E-state index contributed by atoms with van der Waals surface area (Å²) < 4.78 is 7.21. The van der Waals surface area contributed by atoms with E-state index in [9.17, 15) is 4.79 Å². The molecule has 0 radical (unpaired) electrons. The molecule has 0 unspecified atom stereocenters. The van der Waals surface area contributed by atoms with Crippen LogP contribution < -0.4 is 5.32 Å². The third-order valence-corrected chi connectivity index (χ3v) is 2.62. The molecule has 5 heteroatoms. The Bertz CT molecular complexity index is 612. The third kappa shape index (κ3) is 3.60. The lowest BCUT2D eigenvalue weighted by Gasteiger charge is -2.19. The van der Waals surface area contributed by atoms with Gasteiger partial charge in [-0.3, -0.25) is 10.3 Å². The van der Waals surface area contributed by atoms with Crippen molar-refractivity contribution in [1.82, 2.24) is 9.55 Å². The van der Waals surface area contributed by atoms with Crippen molar-refractivity contribution in [3.8, 4) is 11.3 Å². The molecule has 0 aliphatic heterocycles. The Kier molecular flexibility index (Phi) is 3.79. The van der Waals surface area contributed by atoms with Crippen molar-refractivity contribution in [2.45, 2.75) is 26.4 Å². The highest BCUT2D eigenvalue weighted by Gasteiger charge is 2.16. The normalized spacial score (nSPS) is 11.2. The van der Waals surface area contributed by atoms with Gasteiger partial charge >= 0.3 is 6.09 Å². The topological polar surface area (TPSA) is 56.2 Å². The molecule has 0 saturated carbocycles. The summed E-state index contributed by atoms with van der Waals surface area (Å²) >= 11 is 0. The van der Waals surface area contributed by atoms with Gasteiger partial charge in [0.25, 0.3) is 0 Å². The maximum atomic E-state index is 11.7. The molecular weight excluding hydrogens is 254 g/mol. The minimum Gasteiger partial charge on any atom is -0.444 e. The molecule has 2 aromatic rings. The maximum absolute atomic E-state index is 11.7. The number of aromatic nitrogens is 2. The van der Waals surface area contributed by atoms with Crippen LogP contribution in [0.4, 0.5) is 10.5 Å². The second-order valence-electron chi connectivity index (χ2n) is 5.59. The number of carbonyl (C=O) groups excluding carboxylic acids is 1. The maximum Gasteiger partial charge on any atom is 0.412 e. The first-order valence-electron chi connectivity index (χ1n) is 6.42. The summed E-state index contributed by atoms with van der Waals surface area (Å²) in [7, 11) is 1.96. The SMILES string of the molecule is Cn1cccc1-c1cncc(NC(=O)OC(C)(C)C)c1. The molecule has 0 spiro atoms. The highest BCUT2D eigenvalue weighted by atomic mass is 16.6. The second-order valence-corrected chi connectivity index (χ2v) is 5.59. The first-order chi connectivity index (χ1) is 9.35. The summed E-state index contributed by atoms with van der Waals surface area (Å²) in [6, 6.07) is 5.82. The van der Waals surface area contributed by atoms with Crippen molar-refractivity contribution in [2.75, 3.05) is 5.32 Å². The zero-order valence-corrected chi connectivity index (χ0v) is 12.2. The fraction of sp³-hybridized carbons (Fsp3) is 0.333. The molecule has 0 aliphatic carbocycles. The molecular formula is C15H19N3O2. The molecule has 20 heavy (non-hydrogen) atoms. The smallest absolute Gasteiger partial charge is 0.412 e. The van der Waals surface area contributed by atoms with Gasteiger partial charge in [-0.05, 0) is 39.0 Å². The summed E-state index contributed by atoms with van der Waals surface area (Å²) in [5.74, 6) is 0. The number of nitrogens with one attached hydrogen (secondary N) is 1. The van der Waals surface area contributed by atoms with Crippen LogP contribution in [0.1, 0.15) is 20.8 Å². The molecule has 5 nitrogen and oxygen atoms in total. The molecule has 2 rings (SSSR count). The molecule has 2 heterocycles. The van der Waals surface area contributed by atoms with Gasteiger partial charge in [-0.2, -0.15) is 0 Å². The second kappa shape index (κ2) is 5.36. The Balaban J connectivity index is 2.15. The summed E-state index contributed by atoms with van der Waals surface area (Å²) in [6.45, 7) is 5.47. The van der Waals surface area contributed by atoms with Crippen LogP contribution in [0.25, 0.3) is 11.3 Å². The third-order valence-electron chi connectivity index (χ3n) is 2.62. The predicted molar refractivity (Wildman–Crippen MR) is 78.5 cm³/mol. The fourth-order valence-corrected chi connectivity index (χ4v) is 1.83. The molecule has 2 aromatic heterocycles. The van der Waals surface area contributed by atoms with Crippen LogP contribution >= 0.6 is 0 Å². The van der Waals surface area contributed by atoms with Crippen LogP contribution in [-0.4, -0.2) is 21.2 Å². The van der Waals surface area contributed by atoms with E-state index >= 15 is 0 Å².